The number of halogens is 8. The van der Waals surface area contributed by atoms with Crippen LogP contribution in [0.15, 0.2) is 0 Å². The Morgan fingerprint density at radius 1 is 0.709 bits per heavy atom. The van der Waals surface area contributed by atoms with Crippen molar-refractivity contribution in [2.75, 3.05) is 13.2 Å². The van der Waals surface area contributed by atoms with E-state index in [0.29, 0.717) is 38.5 Å². The van der Waals surface area contributed by atoms with Crippen molar-refractivity contribution in [1.82, 2.24) is 5.32 Å². The number of aliphatic hydroxyl groups is 3. The highest BCUT2D eigenvalue weighted by Crippen LogP contribution is 2.45. The van der Waals surface area contributed by atoms with E-state index in [1.54, 1.807) is 20.8 Å². The summed E-state index contributed by atoms with van der Waals surface area (Å²) in [7, 11) is 0. The third kappa shape index (κ3) is 16.8. The predicted octanol–water partition coefficient (Wildman–Crippen LogP) is 6.22. The van der Waals surface area contributed by atoms with E-state index in [1.165, 1.54) is 12.8 Å². The van der Waals surface area contributed by atoms with Gasteiger partial charge in [0.05, 0.1) is 42.7 Å². The number of nitrogens with one attached hydrogen (secondary N) is 1. The molecule has 0 bridgehead atoms. The Morgan fingerprint density at radius 2 is 1.13 bits per heavy atom. The lowest BCUT2D eigenvalue weighted by atomic mass is 9.83. The maximum Gasteiger partial charge on any atom is 0.408 e. The molecule has 2 saturated heterocycles. The lowest BCUT2D eigenvalue weighted by Crippen LogP contribution is -2.57. The summed E-state index contributed by atoms with van der Waals surface area (Å²) in [5.41, 5.74) is 9.36. The molecule has 55 heavy (non-hydrogen) atoms. The standard InChI is InChI=1S/C11H19F2NO3.C8H10F2O2.2C6H11F2NO.C4H8O.CH4/c1-10(2,3)17-9(16)14-8-7(15)5-4-6-11(8,12)13;9-8(10)3-1-2-6-5(8)4-7(11)12-6;2*7-6(8)3-1-2-4(10)5(6)9;1-2-4-5-3-1;/h7-8,15H,4-6H2,1-3H3,(H,14,16);5-6H,1-4H2;2*4-5,10H,1-3,9H2;1-4H2;1H4/t7-,8+;5-,6-;4-,5+;4-,5-;;/m1010../s1. The molecule has 0 aromatic carbocycles. The molecule has 4 saturated carbocycles. The van der Waals surface area contributed by atoms with Crippen LogP contribution < -0.4 is 16.8 Å². The largest absolute Gasteiger partial charge is 0.462 e. The first-order valence-electron chi connectivity index (χ1n) is 18.6. The lowest BCUT2D eigenvalue weighted by molar-refractivity contribution is -0.145. The van der Waals surface area contributed by atoms with E-state index in [1.807, 2.05) is 0 Å². The van der Waals surface area contributed by atoms with Gasteiger partial charge in [-0.15, -0.1) is 0 Å². The smallest absolute Gasteiger partial charge is 0.408 e. The fraction of sp³-hybridized carbons (Fsp3) is 0.944. The van der Waals surface area contributed by atoms with E-state index in [9.17, 15) is 49.8 Å². The molecule has 0 radical (unpaired) electrons. The first kappa shape index (κ1) is 51.0. The minimum atomic E-state index is -3.09. The molecule has 6 aliphatic rings. The second-order valence-corrected chi connectivity index (χ2v) is 15.6. The van der Waals surface area contributed by atoms with E-state index in [-0.39, 0.29) is 52.4 Å². The van der Waals surface area contributed by atoms with E-state index in [0.717, 1.165) is 13.2 Å². The van der Waals surface area contributed by atoms with Gasteiger partial charge in [-0.2, -0.15) is 0 Å². The number of fused-ring (bicyclic) bond motifs is 1. The predicted molar refractivity (Wildman–Crippen MR) is 187 cm³/mol. The van der Waals surface area contributed by atoms with Crippen molar-refractivity contribution in [1.29, 1.82) is 0 Å². The Labute approximate surface area is 318 Å². The van der Waals surface area contributed by atoms with Gasteiger partial charge in [0.15, 0.2) is 0 Å². The van der Waals surface area contributed by atoms with Gasteiger partial charge in [-0.25, -0.2) is 39.9 Å². The van der Waals surface area contributed by atoms with Crippen molar-refractivity contribution in [2.24, 2.45) is 17.4 Å². The normalized spacial score (nSPS) is 33.9. The third-order valence-corrected chi connectivity index (χ3v) is 9.83. The summed E-state index contributed by atoms with van der Waals surface area (Å²) in [4.78, 5) is 22.1. The van der Waals surface area contributed by atoms with E-state index in [2.05, 4.69) is 5.32 Å². The van der Waals surface area contributed by atoms with Crippen LogP contribution in [0.3, 0.4) is 0 Å². The maximum atomic E-state index is 13.5. The number of esters is 1. The molecule has 0 unspecified atom stereocenters. The highest BCUT2D eigenvalue weighted by molar-refractivity contribution is 5.72. The lowest BCUT2D eigenvalue weighted by Gasteiger charge is -2.35. The molecule has 6 fully saturated rings. The van der Waals surface area contributed by atoms with Crippen LogP contribution in [0.25, 0.3) is 0 Å². The van der Waals surface area contributed by atoms with E-state index >= 15 is 0 Å². The Hall–Kier alpha value is -2.06. The van der Waals surface area contributed by atoms with Crippen LogP contribution >= 0.6 is 0 Å². The Kier molecular flexibility index (Phi) is 20.0. The first-order valence-corrected chi connectivity index (χ1v) is 18.6. The molecular formula is C36H63F8N3O8. The van der Waals surface area contributed by atoms with Crippen LogP contribution in [-0.4, -0.2) is 112 Å². The number of hydrogen-bond donors (Lipinski definition) is 6. The molecule has 2 aliphatic heterocycles. The second-order valence-electron chi connectivity index (χ2n) is 15.6. The van der Waals surface area contributed by atoms with Crippen LogP contribution in [0.4, 0.5) is 39.9 Å². The van der Waals surface area contributed by atoms with Crippen molar-refractivity contribution in [3.8, 4) is 0 Å². The van der Waals surface area contributed by atoms with Gasteiger partial charge >= 0.3 is 12.1 Å². The summed E-state index contributed by atoms with van der Waals surface area (Å²) in [5, 5.41) is 29.4. The van der Waals surface area contributed by atoms with Crippen LogP contribution in [0, 0.1) is 5.92 Å². The number of alkyl halides is 8. The number of rotatable bonds is 1. The fourth-order valence-corrected chi connectivity index (χ4v) is 6.66. The van der Waals surface area contributed by atoms with E-state index < -0.39 is 89.8 Å². The second kappa shape index (κ2) is 21.6. The van der Waals surface area contributed by atoms with Gasteiger partial charge in [-0.3, -0.25) is 4.79 Å². The van der Waals surface area contributed by atoms with Gasteiger partial charge in [-0.05, 0) is 85.0 Å². The Bertz CT molecular complexity index is 1130. The zero-order valence-corrected chi connectivity index (χ0v) is 31.2. The number of ether oxygens (including phenoxy) is 3. The van der Waals surface area contributed by atoms with Gasteiger partial charge in [0, 0.05) is 38.9 Å². The van der Waals surface area contributed by atoms with Gasteiger partial charge in [-0.1, -0.05) is 7.43 Å². The molecule has 4 aliphatic carbocycles. The molecule has 19 heteroatoms. The number of carbonyl (C=O) groups is 2. The summed E-state index contributed by atoms with van der Waals surface area (Å²) in [6, 6.07) is -4.28. The Balaban J connectivity index is 0.000000356. The summed E-state index contributed by atoms with van der Waals surface area (Å²) in [6.07, 6.45) is 0.0355. The van der Waals surface area contributed by atoms with Crippen LogP contribution in [0.5, 0.6) is 0 Å². The molecule has 6 rings (SSSR count). The molecule has 0 spiro atoms. The first-order chi connectivity index (χ1) is 24.8. The third-order valence-electron chi connectivity index (χ3n) is 9.83. The van der Waals surface area contributed by atoms with Crippen LogP contribution in [-0.2, 0) is 19.0 Å². The van der Waals surface area contributed by atoms with Gasteiger partial charge < -0.3 is 46.3 Å². The Morgan fingerprint density at radius 3 is 1.49 bits per heavy atom. The maximum absolute atomic E-state index is 13.5. The molecule has 0 aromatic rings. The molecule has 8 atom stereocenters. The van der Waals surface area contributed by atoms with Crippen molar-refractivity contribution in [3.63, 3.8) is 0 Å². The monoisotopic (exact) mass is 817 g/mol. The van der Waals surface area contributed by atoms with Crippen molar-refractivity contribution in [3.05, 3.63) is 0 Å². The summed E-state index contributed by atoms with van der Waals surface area (Å²) in [5.74, 6) is -12.8. The molecule has 0 aromatic heterocycles. The number of hydrogen-bond acceptors (Lipinski definition) is 10. The van der Waals surface area contributed by atoms with Crippen LogP contribution in [0.1, 0.15) is 125 Å². The summed E-state index contributed by atoms with van der Waals surface area (Å²) in [6.45, 7) is 6.92. The molecule has 326 valence electrons. The molecular weight excluding hydrogens is 754 g/mol. The number of carbonyl (C=O) groups excluding carboxylic acids is 2. The summed E-state index contributed by atoms with van der Waals surface area (Å²) >= 11 is 0. The summed E-state index contributed by atoms with van der Waals surface area (Å²) < 4.78 is 118. The average Bonchev–Trinajstić information content (AvgIpc) is 3.75. The minimum Gasteiger partial charge on any atom is -0.462 e. The van der Waals surface area contributed by atoms with Gasteiger partial charge in [0.2, 0.25) is 0 Å². The van der Waals surface area contributed by atoms with Crippen LogP contribution in [0.2, 0.25) is 0 Å². The number of aliphatic hydroxyl groups excluding tert-OH is 3. The number of amides is 1. The molecule has 11 nitrogen and oxygen atoms in total. The average molecular weight is 818 g/mol. The van der Waals surface area contributed by atoms with E-state index in [4.69, 9.17) is 35.9 Å². The molecule has 8 N–H and O–H groups in total. The minimum absolute atomic E-state index is 0. The quantitative estimate of drug-likeness (QED) is 0.131. The van der Waals surface area contributed by atoms with Gasteiger partial charge in [0.1, 0.15) is 17.7 Å². The van der Waals surface area contributed by atoms with Crippen molar-refractivity contribution < 1.29 is 74.2 Å². The highest BCUT2D eigenvalue weighted by Gasteiger charge is 2.53. The number of alkyl carbamates (subject to hydrolysis) is 1. The molecule has 2 heterocycles. The van der Waals surface area contributed by atoms with Gasteiger partial charge in [0.25, 0.3) is 23.7 Å². The topological polar surface area (TPSA) is 187 Å². The van der Waals surface area contributed by atoms with Crippen molar-refractivity contribution >= 4 is 12.1 Å². The highest BCUT2D eigenvalue weighted by atomic mass is 19.3. The molecule has 1 amide bonds. The zero-order chi connectivity index (χ0) is 41.1. The SMILES string of the molecule is C.C1CCOC1.CC(C)(C)OC(=O)N[C@H]1[C@H](O)CCCC1(F)F.N[C@H]1[C@@H](O)CCCC1(F)F.N[C@H]1[C@H](O)CCCC1(F)F.O=C1C[C@H]2[C@H](CCCC2(F)F)O1. The van der Waals surface area contributed by atoms with Crippen molar-refractivity contribution in [2.45, 2.75) is 196 Å². The fourth-order valence-electron chi connectivity index (χ4n) is 6.66. The zero-order valence-electron chi connectivity index (χ0n) is 31.2. The number of nitrogens with two attached hydrogens (primary N) is 2.